The Morgan fingerprint density at radius 3 is 2.75 bits per heavy atom. The van der Waals surface area contributed by atoms with E-state index in [1.54, 1.807) is 6.07 Å². The second-order valence-corrected chi connectivity index (χ2v) is 4.69. The molecule has 2 rings (SSSR count). The Morgan fingerprint density at radius 1 is 1.38 bits per heavy atom. The number of hydrogen-bond donors (Lipinski definition) is 1. The number of nitriles is 1. The number of benzene rings is 1. The predicted octanol–water partition coefficient (Wildman–Crippen LogP) is 3.24. The van der Waals surface area contributed by atoms with Crippen molar-refractivity contribution in [1.82, 2.24) is 5.32 Å². The Morgan fingerprint density at radius 2 is 2.12 bits per heavy atom. The minimum absolute atomic E-state index is 0.620. The highest BCUT2D eigenvalue weighted by molar-refractivity contribution is 6.31. The highest BCUT2D eigenvalue weighted by atomic mass is 35.5. The molecule has 84 valence electrons. The van der Waals surface area contributed by atoms with Crippen LogP contribution in [-0.2, 0) is 6.54 Å². The normalized spacial score (nSPS) is 16.2. The van der Waals surface area contributed by atoms with Gasteiger partial charge in [0, 0.05) is 17.6 Å². The zero-order valence-corrected chi connectivity index (χ0v) is 9.93. The van der Waals surface area contributed by atoms with Crippen molar-refractivity contribution >= 4 is 11.6 Å². The Hall–Kier alpha value is -1.04. The fourth-order valence-corrected chi connectivity index (χ4v) is 2.39. The zero-order chi connectivity index (χ0) is 11.4. The van der Waals surface area contributed by atoms with Gasteiger partial charge in [-0.3, -0.25) is 0 Å². The van der Waals surface area contributed by atoms with Crippen molar-refractivity contribution in [2.45, 2.75) is 38.3 Å². The Labute approximate surface area is 101 Å². The van der Waals surface area contributed by atoms with Gasteiger partial charge in [0.2, 0.25) is 0 Å². The maximum absolute atomic E-state index is 8.73. The van der Waals surface area contributed by atoms with Crippen LogP contribution in [0.4, 0.5) is 0 Å². The molecule has 0 aromatic heterocycles. The molecule has 0 spiro atoms. The van der Waals surface area contributed by atoms with Crippen molar-refractivity contribution in [3.8, 4) is 6.07 Å². The van der Waals surface area contributed by atoms with Crippen LogP contribution in [0.5, 0.6) is 0 Å². The molecule has 0 saturated heterocycles. The highest BCUT2D eigenvalue weighted by Gasteiger charge is 2.14. The highest BCUT2D eigenvalue weighted by Crippen LogP contribution is 2.21. The molecule has 1 aliphatic rings. The lowest BCUT2D eigenvalue weighted by Crippen LogP contribution is -2.25. The molecule has 0 atom stereocenters. The van der Waals surface area contributed by atoms with Gasteiger partial charge in [0.05, 0.1) is 11.6 Å². The minimum Gasteiger partial charge on any atom is -0.310 e. The van der Waals surface area contributed by atoms with E-state index >= 15 is 0 Å². The number of hydrogen-bond acceptors (Lipinski definition) is 2. The van der Waals surface area contributed by atoms with Gasteiger partial charge >= 0.3 is 0 Å². The first-order valence-corrected chi connectivity index (χ1v) is 6.09. The third-order valence-electron chi connectivity index (χ3n) is 3.12. The summed E-state index contributed by atoms with van der Waals surface area (Å²) in [4.78, 5) is 0. The maximum Gasteiger partial charge on any atom is 0.0992 e. The molecule has 1 N–H and O–H groups in total. The molecular weight excluding hydrogens is 220 g/mol. The van der Waals surface area contributed by atoms with Crippen LogP contribution in [0.2, 0.25) is 5.02 Å². The standard InChI is InChI=1S/C13H15ClN2/c14-13-7-10(8-15)5-6-11(13)9-16-12-3-1-2-4-12/h5-7,12,16H,1-4,9H2. The van der Waals surface area contributed by atoms with E-state index in [1.807, 2.05) is 12.1 Å². The third kappa shape index (κ3) is 2.75. The minimum atomic E-state index is 0.620. The van der Waals surface area contributed by atoms with Crippen LogP contribution in [0.25, 0.3) is 0 Å². The van der Waals surface area contributed by atoms with E-state index in [0.29, 0.717) is 16.6 Å². The summed E-state index contributed by atoms with van der Waals surface area (Å²) in [7, 11) is 0. The molecular formula is C13H15ClN2. The quantitative estimate of drug-likeness (QED) is 0.872. The van der Waals surface area contributed by atoms with Crippen molar-refractivity contribution < 1.29 is 0 Å². The summed E-state index contributed by atoms with van der Waals surface area (Å²) < 4.78 is 0. The third-order valence-corrected chi connectivity index (χ3v) is 3.47. The molecule has 1 aliphatic carbocycles. The molecule has 1 saturated carbocycles. The van der Waals surface area contributed by atoms with E-state index < -0.39 is 0 Å². The maximum atomic E-state index is 8.73. The summed E-state index contributed by atoms with van der Waals surface area (Å²) in [6.07, 6.45) is 5.21. The fourth-order valence-electron chi connectivity index (χ4n) is 2.14. The van der Waals surface area contributed by atoms with E-state index in [9.17, 15) is 0 Å². The van der Waals surface area contributed by atoms with Gasteiger partial charge in [-0.05, 0) is 30.5 Å². The summed E-state index contributed by atoms with van der Waals surface area (Å²) in [5.74, 6) is 0. The summed E-state index contributed by atoms with van der Waals surface area (Å²) in [6.45, 7) is 0.801. The van der Waals surface area contributed by atoms with Crippen molar-refractivity contribution in [1.29, 1.82) is 5.26 Å². The summed E-state index contributed by atoms with van der Waals surface area (Å²) in [6, 6.07) is 8.21. The zero-order valence-electron chi connectivity index (χ0n) is 9.17. The largest absolute Gasteiger partial charge is 0.310 e. The first-order valence-electron chi connectivity index (χ1n) is 5.71. The number of rotatable bonds is 3. The monoisotopic (exact) mass is 234 g/mol. The molecule has 1 aromatic rings. The number of nitrogens with one attached hydrogen (secondary N) is 1. The van der Waals surface area contributed by atoms with Gasteiger partial charge in [-0.1, -0.05) is 30.5 Å². The summed E-state index contributed by atoms with van der Waals surface area (Å²) in [5, 5.41) is 12.9. The van der Waals surface area contributed by atoms with Crippen molar-refractivity contribution in [3.05, 3.63) is 34.3 Å². The van der Waals surface area contributed by atoms with Gasteiger partial charge in [0.15, 0.2) is 0 Å². The van der Waals surface area contributed by atoms with Gasteiger partial charge in [-0.2, -0.15) is 5.26 Å². The molecule has 0 aliphatic heterocycles. The van der Waals surface area contributed by atoms with E-state index in [4.69, 9.17) is 16.9 Å². The average molecular weight is 235 g/mol. The van der Waals surface area contributed by atoms with Gasteiger partial charge in [-0.15, -0.1) is 0 Å². The molecule has 1 aromatic carbocycles. The van der Waals surface area contributed by atoms with Crippen LogP contribution in [0.1, 0.15) is 36.8 Å². The number of nitrogens with zero attached hydrogens (tertiary/aromatic N) is 1. The molecule has 0 amide bonds. The Kier molecular flexibility index (Phi) is 3.82. The van der Waals surface area contributed by atoms with Crippen molar-refractivity contribution in [2.24, 2.45) is 0 Å². The summed E-state index contributed by atoms with van der Waals surface area (Å²) >= 11 is 6.10. The van der Waals surface area contributed by atoms with Crippen LogP contribution >= 0.6 is 11.6 Å². The SMILES string of the molecule is N#Cc1ccc(CNC2CCCC2)c(Cl)c1. The lowest BCUT2D eigenvalue weighted by molar-refractivity contribution is 0.524. The molecule has 1 fully saturated rings. The van der Waals surface area contributed by atoms with E-state index in [-0.39, 0.29) is 0 Å². The number of halogens is 1. The lowest BCUT2D eigenvalue weighted by atomic mass is 10.1. The first kappa shape index (κ1) is 11.4. The van der Waals surface area contributed by atoms with Crippen molar-refractivity contribution in [3.63, 3.8) is 0 Å². The van der Waals surface area contributed by atoms with Crippen LogP contribution in [0.15, 0.2) is 18.2 Å². The Bertz CT molecular complexity index is 403. The van der Waals surface area contributed by atoms with Gasteiger partial charge < -0.3 is 5.32 Å². The average Bonchev–Trinajstić information content (AvgIpc) is 2.80. The molecule has 0 unspecified atom stereocenters. The second kappa shape index (κ2) is 5.34. The van der Waals surface area contributed by atoms with E-state index in [0.717, 1.165) is 12.1 Å². The topological polar surface area (TPSA) is 35.8 Å². The van der Waals surface area contributed by atoms with Crippen LogP contribution in [-0.4, -0.2) is 6.04 Å². The van der Waals surface area contributed by atoms with E-state index in [2.05, 4.69) is 11.4 Å². The first-order chi connectivity index (χ1) is 7.79. The molecule has 16 heavy (non-hydrogen) atoms. The Balaban J connectivity index is 1.96. The predicted molar refractivity (Wildman–Crippen MR) is 65.3 cm³/mol. The smallest absolute Gasteiger partial charge is 0.0992 e. The van der Waals surface area contributed by atoms with Crippen molar-refractivity contribution in [2.75, 3.05) is 0 Å². The fraction of sp³-hybridized carbons (Fsp3) is 0.462. The van der Waals surface area contributed by atoms with Gasteiger partial charge in [0.1, 0.15) is 0 Å². The van der Waals surface area contributed by atoms with Gasteiger partial charge in [0.25, 0.3) is 0 Å². The van der Waals surface area contributed by atoms with Crippen LogP contribution in [0.3, 0.4) is 0 Å². The van der Waals surface area contributed by atoms with E-state index in [1.165, 1.54) is 25.7 Å². The summed E-state index contributed by atoms with van der Waals surface area (Å²) in [5.41, 5.74) is 1.70. The van der Waals surface area contributed by atoms with Gasteiger partial charge in [-0.25, -0.2) is 0 Å². The molecule has 0 radical (unpaired) electrons. The van der Waals surface area contributed by atoms with Crippen LogP contribution in [0, 0.1) is 11.3 Å². The molecule has 0 bridgehead atoms. The second-order valence-electron chi connectivity index (χ2n) is 4.28. The van der Waals surface area contributed by atoms with Crippen LogP contribution < -0.4 is 5.32 Å². The molecule has 2 nitrogen and oxygen atoms in total. The molecule has 0 heterocycles. The lowest BCUT2D eigenvalue weighted by Gasteiger charge is -2.12. The molecule has 3 heteroatoms.